The summed E-state index contributed by atoms with van der Waals surface area (Å²) in [5.74, 6) is 1.41. The molecule has 0 saturated carbocycles. The van der Waals surface area contributed by atoms with Crippen LogP contribution in [0.25, 0.3) is 10.9 Å². The maximum absolute atomic E-state index is 13.5. The van der Waals surface area contributed by atoms with Crippen LogP contribution in [-0.4, -0.2) is 27.6 Å². The summed E-state index contributed by atoms with van der Waals surface area (Å²) in [4.78, 5) is 22.7. The fourth-order valence-corrected chi connectivity index (χ4v) is 3.59. The lowest BCUT2D eigenvalue weighted by Gasteiger charge is -2.23. The normalized spacial score (nSPS) is 12.3. The van der Waals surface area contributed by atoms with E-state index in [0.29, 0.717) is 24.4 Å². The summed E-state index contributed by atoms with van der Waals surface area (Å²) in [6, 6.07) is 17.5. The largest absolute Gasteiger partial charge is 0.454 e. The zero-order valence-electron chi connectivity index (χ0n) is 15.7. The molecule has 3 heterocycles. The molecule has 1 amide bonds. The van der Waals surface area contributed by atoms with Crippen LogP contribution < -0.4 is 9.47 Å². The molecule has 144 valence electrons. The molecule has 6 heteroatoms. The molecule has 1 N–H and O–H groups in total. The number of ether oxygens (including phenoxy) is 2. The Hall–Kier alpha value is -3.80. The first kappa shape index (κ1) is 17.3. The Morgan fingerprint density at radius 3 is 2.76 bits per heavy atom. The average molecular weight is 385 g/mol. The van der Waals surface area contributed by atoms with Crippen molar-refractivity contribution >= 4 is 16.8 Å². The van der Waals surface area contributed by atoms with Crippen LogP contribution in [0.5, 0.6) is 11.5 Å². The third kappa shape index (κ3) is 3.40. The van der Waals surface area contributed by atoms with Gasteiger partial charge < -0.3 is 19.4 Å². The number of para-hydroxylation sites is 1. The van der Waals surface area contributed by atoms with E-state index in [-0.39, 0.29) is 12.7 Å². The summed E-state index contributed by atoms with van der Waals surface area (Å²) in [7, 11) is 0. The van der Waals surface area contributed by atoms with Gasteiger partial charge in [0.15, 0.2) is 11.5 Å². The molecule has 1 aliphatic heterocycles. The van der Waals surface area contributed by atoms with Gasteiger partial charge >= 0.3 is 0 Å². The van der Waals surface area contributed by atoms with Gasteiger partial charge in [0, 0.05) is 42.6 Å². The molecule has 6 nitrogen and oxygen atoms in total. The molecular formula is C23H19N3O3. The highest BCUT2D eigenvalue weighted by Crippen LogP contribution is 2.33. The molecule has 0 atom stereocenters. The maximum atomic E-state index is 13.5. The number of hydrogen-bond acceptors (Lipinski definition) is 4. The number of aromatic nitrogens is 2. The Morgan fingerprint density at radius 2 is 1.86 bits per heavy atom. The second kappa shape index (κ2) is 7.31. The number of H-pyrrole nitrogens is 1. The van der Waals surface area contributed by atoms with Crippen LogP contribution in [0.2, 0.25) is 0 Å². The standard InChI is InChI=1S/C23H19N3O3/c27-23(19-12-25-20-6-2-1-5-18(19)20)26(14-17-4-3-9-24-11-17)13-16-7-8-21-22(10-16)29-15-28-21/h1-12,25H,13-15H2. The lowest BCUT2D eigenvalue weighted by atomic mass is 10.1. The Labute approximate surface area is 167 Å². The van der Waals surface area contributed by atoms with Crippen molar-refractivity contribution in [2.75, 3.05) is 6.79 Å². The van der Waals surface area contributed by atoms with Crippen molar-refractivity contribution in [3.8, 4) is 11.5 Å². The summed E-state index contributed by atoms with van der Waals surface area (Å²) in [6.07, 6.45) is 5.30. The van der Waals surface area contributed by atoms with Gasteiger partial charge in [-0.1, -0.05) is 30.3 Å². The minimum atomic E-state index is -0.0380. The van der Waals surface area contributed by atoms with E-state index in [4.69, 9.17) is 9.47 Å². The highest BCUT2D eigenvalue weighted by atomic mass is 16.7. The molecule has 1 aliphatic rings. The molecule has 0 aliphatic carbocycles. The van der Waals surface area contributed by atoms with Crippen molar-refractivity contribution in [3.63, 3.8) is 0 Å². The number of aromatic amines is 1. The van der Waals surface area contributed by atoms with Crippen molar-refractivity contribution in [1.82, 2.24) is 14.9 Å². The van der Waals surface area contributed by atoms with Gasteiger partial charge in [-0.3, -0.25) is 9.78 Å². The van der Waals surface area contributed by atoms with Crippen LogP contribution in [0.4, 0.5) is 0 Å². The zero-order chi connectivity index (χ0) is 19.6. The molecule has 0 fully saturated rings. The Kier molecular flexibility index (Phi) is 4.37. The number of nitrogens with one attached hydrogen (secondary N) is 1. The van der Waals surface area contributed by atoms with Crippen LogP contribution in [-0.2, 0) is 13.1 Å². The predicted molar refractivity (Wildman–Crippen MR) is 109 cm³/mol. The monoisotopic (exact) mass is 385 g/mol. The van der Waals surface area contributed by atoms with E-state index in [9.17, 15) is 4.79 Å². The van der Waals surface area contributed by atoms with Crippen LogP contribution >= 0.6 is 0 Å². The summed E-state index contributed by atoms with van der Waals surface area (Å²) >= 11 is 0. The zero-order valence-corrected chi connectivity index (χ0v) is 15.7. The second-order valence-electron chi connectivity index (χ2n) is 6.96. The molecule has 4 aromatic rings. The van der Waals surface area contributed by atoms with E-state index >= 15 is 0 Å². The van der Waals surface area contributed by atoms with E-state index in [0.717, 1.165) is 27.8 Å². The number of hydrogen-bond donors (Lipinski definition) is 1. The molecule has 0 bridgehead atoms. The molecular weight excluding hydrogens is 366 g/mol. The van der Waals surface area contributed by atoms with Crippen molar-refractivity contribution in [2.24, 2.45) is 0 Å². The first-order chi connectivity index (χ1) is 14.3. The smallest absolute Gasteiger partial charge is 0.256 e. The predicted octanol–water partition coefficient (Wildman–Crippen LogP) is 4.13. The van der Waals surface area contributed by atoms with Gasteiger partial charge in [0.1, 0.15) is 0 Å². The van der Waals surface area contributed by atoms with Crippen LogP contribution in [0, 0.1) is 0 Å². The van der Waals surface area contributed by atoms with Crippen molar-refractivity contribution < 1.29 is 14.3 Å². The molecule has 5 rings (SSSR count). The molecule has 0 unspecified atom stereocenters. The highest BCUT2D eigenvalue weighted by Gasteiger charge is 2.21. The van der Waals surface area contributed by atoms with Crippen molar-refractivity contribution in [1.29, 1.82) is 0 Å². The van der Waals surface area contributed by atoms with Crippen LogP contribution in [0.3, 0.4) is 0 Å². The molecule has 0 saturated heterocycles. The third-order valence-corrected chi connectivity index (χ3v) is 5.01. The van der Waals surface area contributed by atoms with Gasteiger partial charge in [-0.15, -0.1) is 0 Å². The van der Waals surface area contributed by atoms with E-state index in [2.05, 4.69) is 9.97 Å². The van der Waals surface area contributed by atoms with E-state index in [1.807, 2.05) is 59.5 Å². The van der Waals surface area contributed by atoms with E-state index < -0.39 is 0 Å². The van der Waals surface area contributed by atoms with Gasteiger partial charge in [-0.05, 0) is 35.4 Å². The van der Waals surface area contributed by atoms with E-state index in [1.54, 1.807) is 18.6 Å². The molecule has 0 spiro atoms. The second-order valence-corrected chi connectivity index (χ2v) is 6.96. The number of benzene rings is 2. The van der Waals surface area contributed by atoms with Gasteiger partial charge in [-0.2, -0.15) is 0 Å². The SMILES string of the molecule is O=C(c1c[nH]c2ccccc12)N(Cc1cccnc1)Cc1ccc2c(c1)OCO2. The van der Waals surface area contributed by atoms with Crippen LogP contribution in [0.1, 0.15) is 21.5 Å². The van der Waals surface area contributed by atoms with E-state index in [1.165, 1.54) is 0 Å². The quantitative estimate of drug-likeness (QED) is 0.561. The minimum Gasteiger partial charge on any atom is -0.454 e. The lowest BCUT2D eigenvalue weighted by molar-refractivity contribution is 0.0731. The number of amides is 1. The Bertz CT molecular complexity index is 1170. The fraction of sp³-hybridized carbons (Fsp3) is 0.130. The summed E-state index contributed by atoms with van der Waals surface area (Å²) in [5.41, 5.74) is 3.55. The maximum Gasteiger partial charge on any atom is 0.256 e. The number of carbonyl (C=O) groups excluding carboxylic acids is 1. The number of rotatable bonds is 5. The molecule has 29 heavy (non-hydrogen) atoms. The van der Waals surface area contributed by atoms with Gasteiger partial charge in [0.2, 0.25) is 6.79 Å². The number of carbonyl (C=O) groups is 1. The average Bonchev–Trinajstić information content (AvgIpc) is 3.40. The lowest BCUT2D eigenvalue weighted by Crippen LogP contribution is -2.30. The first-order valence-electron chi connectivity index (χ1n) is 9.41. The summed E-state index contributed by atoms with van der Waals surface area (Å²) < 4.78 is 10.9. The molecule has 2 aromatic carbocycles. The van der Waals surface area contributed by atoms with Gasteiger partial charge in [-0.25, -0.2) is 0 Å². The van der Waals surface area contributed by atoms with Gasteiger partial charge in [0.05, 0.1) is 5.56 Å². The van der Waals surface area contributed by atoms with Crippen molar-refractivity contribution in [3.05, 3.63) is 89.9 Å². The summed E-state index contributed by atoms with van der Waals surface area (Å²) in [6.45, 7) is 1.14. The molecule has 2 aromatic heterocycles. The van der Waals surface area contributed by atoms with Crippen LogP contribution in [0.15, 0.2) is 73.2 Å². The van der Waals surface area contributed by atoms with Gasteiger partial charge in [0.25, 0.3) is 5.91 Å². The number of fused-ring (bicyclic) bond motifs is 2. The number of nitrogens with zero attached hydrogens (tertiary/aromatic N) is 2. The molecule has 0 radical (unpaired) electrons. The third-order valence-electron chi connectivity index (χ3n) is 5.01. The highest BCUT2D eigenvalue weighted by molar-refractivity contribution is 6.06. The fourth-order valence-electron chi connectivity index (χ4n) is 3.59. The Balaban J connectivity index is 1.48. The summed E-state index contributed by atoms with van der Waals surface area (Å²) in [5, 5.41) is 0.916. The van der Waals surface area contributed by atoms with Crippen molar-refractivity contribution in [2.45, 2.75) is 13.1 Å². The first-order valence-corrected chi connectivity index (χ1v) is 9.41. The minimum absolute atomic E-state index is 0.0380. The Morgan fingerprint density at radius 1 is 1.00 bits per heavy atom. The topological polar surface area (TPSA) is 67.5 Å². The number of pyridine rings is 1.